The number of hydrogen-bond acceptors (Lipinski definition) is 4. The number of alkyl halides is 3. The predicted octanol–water partition coefficient (Wildman–Crippen LogP) is 2.59. The first kappa shape index (κ1) is 18.8. The van der Waals surface area contributed by atoms with Crippen LogP contribution in [0.3, 0.4) is 0 Å². The van der Waals surface area contributed by atoms with Gasteiger partial charge in [0.05, 0.1) is 11.7 Å². The molecule has 124 valence electrons. The number of thioether (sulfide) groups is 1. The summed E-state index contributed by atoms with van der Waals surface area (Å²) >= 11 is 1.45. The topological polar surface area (TPSA) is 52.6 Å². The second-order valence-electron chi connectivity index (χ2n) is 4.86. The minimum Gasteiger partial charge on any atom is -0.382 e. The summed E-state index contributed by atoms with van der Waals surface area (Å²) in [5, 5.41) is 11.7. The monoisotopic (exact) mass is 336 g/mol. The van der Waals surface area contributed by atoms with Crippen molar-refractivity contribution in [1.82, 2.24) is 4.90 Å². The maximum atomic E-state index is 12.3. The number of carbonyl (C=O) groups is 1. The minimum atomic E-state index is -4.70. The summed E-state index contributed by atoms with van der Waals surface area (Å²) in [6.07, 6.45) is -5.32. The first-order valence-electron chi connectivity index (χ1n) is 6.55. The lowest BCUT2D eigenvalue weighted by atomic mass is 10.2. The SMILES string of the molecule is CSc1ccccc1NC(=O)C(C)N(C)CC(O)C(F)(F)F. The Hall–Kier alpha value is -1.25. The lowest BCUT2D eigenvalue weighted by Gasteiger charge is -2.27. The largest absolute Gasteiger partial charge is 0.415 e. The van der Waals surface area contributed by atoms with E-state index in [0.29, 0.717) is 5.69 Å². The number of nitrogens with one attached hydrogen (secondary N) is 1. The number of aliphatic hydroxyl groups is 1. The third-order valence-electron chi connectivity index (χ3n) is 3.24. The molecule has 2 unspecified atom stereocenters. The van der Waals surface area contributed by atoms with E-state index in [9.17, 15) is 18.0 Å². The number of benzene rings is 1. The van der Waals surface area contributed by atoms with E-state index in [0.717, 1.165) is 9.80 Å². The zero-order valence-electron chi connectivity index (χ0n) is 12.5. The number of halogens is 3. The van der Waals surface area contributed by atoms with Crippen LogP contribution in [0.5, 0.6) is 0 Å². The highest BCUT2D eigenvalue weighted by Gasteiger charge is 2.39. The molecule has 0 saturated heterocycles. The third-order valence-corrected chi connectivity index (χ3v) is 4.04. The van der Waals surface area contributed by atoms with Crippen molar-refractivity contribution in [1.29, 1.82) is 0 Å². The quantitative estimate of drug-likeness (QED) is 0.784. The fourth-order valence-electron chi connectivity index (χ4n) is 1.72. The van der Waals surface area contributed by atoms with E-state index in [1.54, 1.807) is 12.1 Å². The van der Waals surface area contributed by atoms with Gasteiger partial charge in [0, 0.05) is 11.4 Å². The van der Waals surface area contributed by atoms with E-state index < -0.39 is 30.8 Å². The van der Waals surface area contributed by atoms with Crippen molar-refractivity contribution in [2.24, 2.45) is 0 Å². The minimum absolute atomic E-state index is 0.432. The van der Waals surface area contributed by atoms with E-state index in [-0.39, 0.29) is 0 Å². The number of para-hydroxylation sites is 1. The van der Waals surface area contributed by atoms with Crippen molar-refractivity contribution < 1.29 is 23.1 Å². The van der Waals surface area contributed by atoms with Crippen LogP contribution in [0.4, 0.5) is 18.9 Å². The Kier molecular flexibility index (Phi) is 6.70. The molecular weight excluding hydrogens is 317 g/mol. The first-order chi connectivity index (χ1) is 10.2. The summed E-state index contributed by atoms with van der Waals surface area (Å²) in [6.45, 7) is 0.822. The summed E-state index contributed by atoms with van der Waals surface area (Å²) in [5.74, 6) is -0.432. The van der Waals surface area contributed by atoms with Gasteiger partial charge in [-0.3, -0.25) is 9.69 Å². The Morgan fingerprint density at radius 1 is 1.41 bits per heavy atom. The van der Waals surface area contributed by atoms with Crippen LogP contribution in [-0.4, -0.2) is 54.1 Å². The second-order valence-corrected chi connectivity index (χ2v) is 5.71. The highest BCUT2D eigenvalue weighted by molar-refractivity contribution is 7.98. The van der Waals surface area contributed by atoms with Gasteiger partial charge in [-0.15, -0.1) is 11.8 Å². The number of rotatable bonds is 6. The maximum absolute atomic E-state index is 12.3. The van der Waals surface area contributed by atoms with E-state index in [4.69, 9.17) is 5.11 Å². The van der Waals surface area contributed by atoms with Gasteiger partial charge in [0.1, 0.15) is 0 Å². The molecule has 2 atom stereocenters. The lowest BCUT2D eigenvalue weighted by molar-refractivity contribution is -0.208. The van der Waals surface area contributed by atoms with Gasteiger partial charge in [0.25, 0.3) is 0 Å². The van der Waals surface area contributed by atoms with Crippen LogP contribution in [-0.2, 0) is 4.79 Å². The number of nitrogens with zero attached hydrogens (tertiary/aromatic N) is 1. The predicted molar refractivity (Wildman–Crippen MR) is 81.0 cm³/mol. The number of likely N-dealkylation sites (N-methyl/N-ethyl adjacent to an activating group) is 1. The smallest absolute Gasteiger partial charge is 0.382 e. The molecule has 0 fully saturated rings. The van der Waals surface area contributed by atoms with Crippen molar-refractivity contribution in [3.8, 4) is 0 Å². The molecule has 0 bridgehead atoms. The van der Waals surface area contributed by atoms with Crippen molar-refractivity contribution in [2.75, 3.05) is 25.2 Å². The number of hydrogen-bond donors (Lipinski definition) is 2. The van der Waals surface area contributed by atoms with Crippen LogP contribution in [0.2, 0.25) is 0 Å². The Balaban J connectivity index is 2.68. The molecule has 0 aliphatic carbocycles. The average Bonchev–Trinajstić information content (AvgIpc) is 2.45. The van der Waals surface area contributed by atoms with E-state index in [2.05, 4.69) is 5.32 Å². The van der Waals surface area contributed by atoms with Crippen LogP contribution in [0, 0.1) is 0 Å². The summed E-state index contributed by atoms with van der Waals surface area (Å²) in [7, 11) is 1.36. The molecule has 2 N–H and O–H groups in total. The Labute approximate surface area is 131 Å². The van der Waals surface area contributed by atoms with Crippen LogP contribution in [0.25, 0.3) is 0 Å². The average molecular weight is 336 g/mol. The highest BCUT2D eigenvalue weighted by atomic mass is 32.2. The summed E-state index contributed by atoms with van der Waals surface area (Å²) < 4.78 is 37.0. The van der Waals surface area contributed by atoms with Crippen LogP contribution in [0.1, 0.15) is 6.92 Å². The van der Waals surface area contributed by atoms with E-state index in [1.807, 2.05) is 18.4 Å². The Morgan fingerprint density at radius 2 is 2.00 bits per heavy atom. The maximum Gasteiger partial charge on any atom is 0.415 e. The molecule has 4 nitrogen and oxygen atoms in total. The van der Waals surface area contributed by atoms with Crippen LogP contribution >= 0.6 is 11.8 Å². The first-order valence-corrected chi connectivity index (χ1v) is 7.78. The zero-order valence-corrected chi connectivity index (χ0v) is 13.3. The Morgan fingerprint density at radius 3 is 2.55 bits per heavy atom. The Bertz CT molecular complexity index is 511. The van der Waals surface area contributed by atoms with Crippen LogP contribution < -0.4 is 5.32 Å². The molecule has 22 heavy (non-hydrogen) atoms. The molecule has 1 rings (SSSR count). The van der Waals surface area contributed by atoms with Gasteiger partial charge in [0.15, 0.2) is 6.10 Å². The third kappa shape index (κ3) is 5.19. The lowest BCUT2D eigenvalue weighted by Crippen LogP contribution is -2.46. The van der Waals surface area contributed by atoms with E-state index in [1.165, 1.54) is 25.7 Å². The molecule has 0 spiro atoms. The fourth-order valence-corrected chi connectivity index (χ4v) is 2.27. The molecule has 0 aliphatic rings. The zero-order chi connectivity index (χ0) is 16.9. The molecule has 0 aliphatic heterocycles. The molecule has 1 aromatic rings. The van der Waals surface area contributed by atoms with Gasteiger partial charge in [-0.2, -0.15) is 13.2 Å². The van der Waals surface area contributed by atoms with E-state index >= 15 is 0 Å². The van der Waals surface area contributed by atoms with Gasteiger partial charge in [-0.1, -0.05) is 12.1 Å². The number of anilines is 1. The molecular formula is C14H19F3N2O2S. The second kappa shape index (κ2) is 7.85. The molecule has 1 amide bonds. The van der Waals surface area contributed by atoms with Gasteiger partial charge < -0.3 is 10.4 Å². The van der Waals surface area contributed by atoms with Crippen molar-refractivity contribution in [3.63, 3.8) is 0 Å². The molecule has 0 heterocycles. The number of amides is 1. The fraction of sp³-hybridized carbons (Fsp3) is 0.500. The number of aliphatic hydroxyl groups excluding tert-OH is 1. The molecule has 8 heteroatoms. The van der Waals surface area contributed by atoms with Gasteiger partial charge >= 0.3 is 6.18 Å². The van der Waals surface area contributed by atoms with Gasteiger partial charge in [0.2, 0.25) is 5.91 Å². The molecule has 0 aromatic heterocycles. The summed E-state index contributed by atoms with van der Waals surface area (Å²) in [5.41, 5.74) is 0.608. The van der Waals surface area contributed by atoms with Gasteiger partial charge in [-0.25, -0.2) is 0 Å². The normalized spacial score (nSPS) is 14.7. The van der Waals surface area contributed by atoms with Crippen LogP contribution in [0.15, 0.2) is 29.2 Å². The number of carbonyl (C=O) groups excluding carboxylic acids is 1. The standard InChI is InChI=1S/C14H19F3N2O2S/c1-9(19(2)8-12(20)14(15,16)17)13(21)18-10-6-4-5-7-11(10)22-3/h4-7,9,12,20H,8H2,1-3H3,(H,18,21). The highest BCUT2D eigenvalue weighted by Crippen LogP contribution is 2.25. The van der Waals surface area contributed by atoms with Crippen molar-refractivity contribution in [2.45, 2.75) is 30.1 Å². The van der Waals surface area contributed by atoms with Crippen molar-refractivity contribution in [3.05, 3.63) is 24.3 Å². The van der Waals surface area contributed by atoms with Crippen molar-refractivity contribution >= 4 is 23.4 Å². The molecule has 0 saturated carbocycles. The summed E-state index contributed by atoms with van der Waals surface area (Å²) in [6, 6.07) is 6.34. The summed E-state index contributed by atoms with van der Waals surface area (Å²) in [4.78, 5) is 14.2. The molecule has 1 aromatic carbocycles. The molecule has 0 radical (unpaired) electrons. The van der Waals surface area contributed by atoms with Gasteiger partial charge in [-0.05, 0) is 32.4 Å².